The van der Waals surface area contributed by atoms with E-state index in [1.165, 1.54) is 40.1 Å². The summed E-state index contributed by atoms with van der Waals surface area (Å²) in [4.78, 5) is 4.20. The topological polar surface area (TPSA) is 42.7 Å². The van der Waals surface area contributed by atoms with Gasteiger partial charge in [-0.25, -0.2) is 4.68 Å². The van der Waals surface area contributed by atoms with Gasteiger partial charge < -0.3 is 5.32 Å². The van der Waals surface area contributed by atoms with Gasteiger partial charge in [-0.1, -0.05) is 18.2 Å². The summed E-state index contributed by atoms with van der Waals surface area (Å²) in [6.45, 7) is 5.18. The molecule has 2 aromatic heterocycles. The van der Waals surface area contributed by atoms with Gasteiger partial charge in [-0.05, 0) is 61.9 Å². The largest absolute Gasteiger partial charge is 0.306 e. The molecule has 1 aromatic carbocycles. The van der Waals surface area contributed by atoms with E-state index in [1.807, 2.05) is 18.5 Å². The van der Waals surface area contributed by atoms with Crippen molar-refractivity contribution in [1.29, 1.82) is 0 Å². The number of aryl methyl sites for hydroxylation is 1. The van der Waals surface area contributed by atoms with Crippen molar-refractivity contribution in [2.24, 2.45) is 0 Å². The third-order valence-corrected chi connectivity index (χ3v) is 5.26. The number of nitrogens with one attached hydrogen (secondary N) is 1. The van der Waals surface area contributed by atoms with E-state index in [2.05, 4.69) is 59.3 Å². The SMILES string of the molecule is Cc1cccc(-n2ncc3c2CCCC3NCc2cccnc2)c1C. The molecule has 0 radical (unpaired) electrons. The van der Waals surface area contributed by atoms with Gasteiger partial charge >= 0.3 is 0 Å². The molecule has 4 nitrogen and oxygen atoms in total. The van der Waals surface area contributed by atoms with E-state index in [4.69, 9.17) is 5.10 Å². The highest BCUT2D eigenvalue weighted by molar-refractivity contribution is 5.46. The quantitative estimate of drug-likeness (QED) is 0.784. The van der Waals surface area contributed by atoms with E-state index >= 15 is 0 Å². The first-order valence-electron chi connectivity index (χ1n) is 8.99. The normalized spacial score (nSPS) is 16.6. The van der Waals surface area contributed by atoms with Crippen LogP contribution in [0.4, 0.5) is 0 Å². The third-order valence-electron chi connectivity index (χ3n) is 5.26. The fourth-order valence-electron chi connectivity index (χ4n) is 3.69. The monoisotopic (exact) mass is 332 g/mol. The Morgan fingerprint density at radius 2 is 2.08 bits per heavy atom. The lowest BCUT2D eigenvalue weighted by atomic mass is 9.92. The first-order chi connectivity index (χ1) is 12.2. The van der Waals surface area contributed by atoms with Crippen LogP contribution in [0.5, 0.6) is 0 Å². The molecule has 0 aliphatic heterocycles. The molecule has 0 saturated carbocycles. The molecule has 2 heterocycles. The molecule has 0 saturated heterocycles. The Morgan fingerprint density at radius 3 is 2.92 bits per heavy atom. The van der Waals surface area contributed by atoms with Crippen LogP contribution in [0.25, 0.3) is 5.69 Å². The van der Waals surface area contributed by atoms with Crippen LogP contribution >= 0.6 is 0 Å². The zero-order valence-electron chi connectivity index (χ0n) is 14.9. The van der Waals surface area contributed by atoms with Crippen LogP contribution in [0.3, 0.4) is 0 Å². The minimum absolute atomic E-state index is 0.364. The van der Waals surface area contributed by atoms with E-state index in [9.17, 15) is 0 Å². The van der Waals surface area contributed by atoms with Crippen LogP contribution in [0.1, 0.15) is 46.8 Å². The third kappa shape index (κ3) is 3.10. The van der Waals surface area contributed by atoms with Gasteiger partial charge in [0.25, 0.3) is 0 Å². The van der Waals surface area contributed by atoms with Crippen molar-refractivity contribution in [3.63, 3.8) is 0 Å². The lowest BCUT2D eigenvalue weighted by Crippen LogP contribution is -2.25. The summed E-state index contributed by atoms with van der Waals surface area (Å²) in [6, 6.07) is 10.9. The molecule has 3 aromatic rings. The molecule has 4 heteroatoms. The van der Waals surface area contributed by atoms with Gasteiger partial charge in [-0.15, -0.1) is 0 Å². The van der Waals surface area contributed by atoms with Gasteiger partial charge in [-0.3, -0.25) is 4.98 Å². The lowest BCUT2D eigenvalue weighted by Gasteiger charge is -2.24. The van der Waals surface area contributed by atoms with Gasteiger partial charge in [0.2, 0.25) is 0 Å². The fraction of sp³-hybridized carbons (Fsp3) is 0.333. The van der Waals surface area contributed by atoms with Crippen molar-refractivity contribution in [2.45, 2.75) is 45.7 Å². The highest BCUT2D eigenvalue weighted by atomic mass is 15.3. The van der Waals surface area contributed by atoms with Crippen LogP contribution in [-0.4, -0.2) is 14.8 Å². The van der Waals surface area contributed by atoms with Gasteiger partial charge in [0, 0.05) is 36.2 Å². The second-order valence-electron chi connectivity index (χ2n) is 6.86. The number of aromatic nitrogens is 3. The number of hydrogen-bond donors (Lipinski definition) is 1. The van der Waals surface area contributed by atoms with Crippen molar-refractivity contribution >= 4 is 0 Å². The fourth-order valence-corrected chi connectivity index (χ4v) is 3.69. The average molecular weight is 332 g/mol. The van der Waals surface area contributed by atoms with Crippen LogP contribution in [0.2, 0.25) is 0 Å². The van der Waals surface area contributed by atoms with Crippen LogP contribution in [-0.2, 0) is 13.0 Å². The second-order valence-corrected chi connectivity index (χ2v) is 6.86. The molecule has 128 valence electrons. The standard InChI is InChI=1S/C21H24N4/c1-15-6-3-9-20(16(15)2)25-21-10-4-8-19(18(21)14-24-25)23-13-17-7-5-11-22-12-17/h3,5-7,9,11-12,14,19,23H,4,8,10,13H2,1-2H3. The molecular weight excluding hydrogens is 308 g/mol. The Kier molecular flexibility index (Phi) is 4.36. The molecule has 25 heavy (non-hydrogen) atoms. The highest BCUT2D eigenvalue weighted by Gasteiger charge is 2.25. The van der Waals surface area contributed by atoms with E-state index < -0.39 is 0 Å². The molecule has 1 aliphatic rings. The smallest absolute Gasteiger partial charge is 0.0680 e. The number of rotatable bonds is 4. The molecule has 4 rings (SSSR count). The van der Waals surface area contributed by atoms with E-state index in [0.717, 1.165) is 19.4 Å². The molecular formula is C21H24N4. The number of fused-ring (bicyclic) bond motifs is 1. The number of benzene rings is 1. The molecule has 1 unspecified atom stereocenters. The van der Waals surface area contributed by atoms with Crippen molar-refractivity contribution in [3.8, 4) is 5.69 Å². The highest BCUT2D eigenvalue weighted by Crippen LogP contribution is 2.32. The van der Waals surface area contributed by atoms with Crippen LogP contribution < -0.4 is 5.32 Å². The van der Waals surface area contributed by atoms with Crippen molar-refractivity contribution in [1.82, 2.24) is 20.1 Å². The molecule has 0 bridgehead atoms. The second kappa shape index (κ2) is 6.81. The Bertz CT molecular complexity index is 867. The Balaban J connectivity index is 1.61. The van der Waals surface area contributed by atoms with Crippen molar-refractivity contribution in [3.05, 3.63) is 76.9 Å². The summed E-state index contributed by atoms with van der Waals surface area (Å²) in [7, 11) is 0. The first-order valence-corrected chi connectivity index (χ1v) is 8.99. The van der Waals surface area contributed by atoms with Crippen molar-refractivity contribution < 1.29 is 0 Å². The predicted octanol–water partition coefficient (Wildman–Crippen LogP) is 4.05. The summed E-state index contributed by atoms with van der Waals surface area (Å²) in [5.74, 6) is 0. The summed E-state index contributed by atoms with van der Waals surface area (Å²) in [6.07, 6.45) is 9.23. The molecule has 1 aliphatic carbocycles. The summed E-state index contributed by atoms with van der Waals surface area (Å²) in [5.41, 5.74) is 7.73. The summed E-state index contributed by atoms with van der Waals surface area (Å²) >= 11 is 0. The minimum Gasteiger partial charge on any atom is -0.306 e. The van der Waals surface area contributed by atoms with Gasteiger partial charge in [0.05, 0.1) is 11.9 Å². The van der Waals surface area contributed by atoms with E-state index in [-0.39, 0.29) is 0 Å². The Morgan fingerprint density at radius 1 is 1.16 bits per heavy atom. The molecule has 0 spiro atoms. The number of hydrogen-bond acceptors (Lipinski definition) is 3. The molecule has 1 atom stereocenters. The Hall–Kier alpha value is -2.46. The van der Waals surface area contributed by atoms with Crippen LogP contribution in [0.15, 0.2) is 48.9 Å². The molecule has 1 N–H and O–H groups in total. The zero-order valence-corrected chi connectivity index (χ0v) is 14.9. The number of nitrogens with zero attached hydrogens (tertiary/aromatic N) is 3. The molecule has 0 fully saturated rings. The van der Waals surface area contributed by atoms with Gasteiger partial charge in [0.1, 0.15) is 0 Å². The summed E-state index contributed by atoms with van der Waals surface area (Å²) in [5, 5.41) is 8.43. The van der Waals surface area contributed by atoms with Crippen molar-refractivity contribution in [2.75, 3.05) is 0 Å². The number of pyridine rings is 1. The van der Waals surface area contributed by atoms with E-state index in [0.29, 0.717) is 6.04 Å². The summed E-state index contributed by atoms with van der Waals surface area (Å²) < 4.78 is 2.15. The maximum Gasteiger partial charge on any atom is 0.0680 e. The maximum atomic E-state index is 4.74. The zero-order chi connectivity index (χ0) is 17.2. The van der Waals surface area contributed by atoms with Gasteiger partial charge in [-0.2, -0.15) is 5.10 Å². The predicted molar refractivity (Wildman–Crippen MR) is 99.8 cm³/mol. The van der Waals surface area contributed by atoms with Crippen LogP contribution in [0, 0.1) is 13.8 Å². The average Bonchev–Trinajstić information content (AvgIpc) is 3.08. The lowest BCUT2D eigenvalue weighted by molar-refractivity contribution is 0.454. The minimum atomic E-state index is 0.364. The molecule has 0 amide bonds. The van der Waals surface area contributed by atoms with E-state index in [1.54, 1.807) is 0 Å². The van der Waals surface area contributed by atoms with Gasteiger partial charge in [0.15, 0.2) is 0 Å². The Labute approximate surface area is 148 Å². The maximum absolute atomic E-state index is 4.74. The first kappa shape index (κ1) is 16.0.